The van der Waals surface area contributed by atoms with E-state index >= 15 is 0 Å². The van der Waals surface area contributed by atoms with Crippen molar-refractivity contribution in [2.75, 3.05) is 6.54 Å². The van der Waals surface area contributed by atoms with Gasteiger partial charge in [-0.1, -0.05) is 0 Å². The van der Waals surface area contributed by atoms with Gasteiger partial charge >= 0.3 is 0 Å². The zero-order valence-electron chi connectivity index (χ0n) is 11.5. The van der Waals surface area contributed by atoms with Crippen LogP contribution in [0.1, 0.15) is 24.7 Å². The summed E-state index contributed by atoms with van der Waals surface area (Å²) in [7, 11) is 0. The monoisotopic (exact) mass is 279 g/mol. The van der Waals surface area contributed by atoms with Crippen LogP contribution in [0.15, 0.2) is 41.0 Å². The summed E-state index contributed by atoms with van der Waals surface area (Å²) in [5, 5.41) is 3.35. The van der Waals surface area contributed by atoms with Crippen LogP contribution in [-0.4, -0.2) is 12.6 Å². The molecule has 0 spiro atoms. The number of benzene rings is 1. The van der Waals surface area contributed by atoms with E-state index in [1.807, 2.05) is 12.1 Å². The number of rotatable bonds is 7. The maximum Gasteiger partial charge on any atom is 0.126 e. The summed E-state index contributed by atoms with van der Waals surface area (Å²) in [6.45, 7) is 2.79. The van der Waals surface area contributed by atoms with Crippen molar-refractivity contribution in [2.45, 2.75) is 32.2 Å². The largest absolute Gasteiger partial charge is 0.469 e. The third kappa shape index (κ3) is 4.78. The number of hydrogen-bond donors (Lipinski definition) is 1. The van der Waals surface area contributed by atoms with Crippen molar-refractivity contribution in [3.8, 4) is 0 Å². The summed E-state index contributed by atoms with van der Waals surface area (Å²) in [6.07, 6.45) is 4.13. The van der Waals surface area contributed by atoms with Crippen LogP contribution in [0.2, 0.25) is 0 Å². The van der Waals surface area contributed by atoms with Crippen LogP contribution in [-0.2, 0) is 12.8 Å². The van der Waals surface area contributed by atoms with Gasteiger partial charge in [-0.2, -0.15) is 0 Å². The van der Waals surface area contributed by atoms with E-state index in [-0.39, 0.29) is 0 Å². The van der Waals surface area contributed by atoms with Gasteiger partial charge in [-0.15, -0.1) is 0 Å². The Morgan fingerprint density at radius 1 is 1.15 bits per heavy atom. The normalized spacial score (nSPS) is 12.6. The average Bonchev–Trinajstić information content (AvgIpc) is 2.88. The molecule has 1 atom stereocenters. The van der Waals surface area contributed by atoms with Crippen molar-refractivity contribution in [2.24, 2.45) is 0 Å². The minimum absolute atomic E-state index is 0.332. The molecule has 0 aliphatic heterocycles. The van der Waals surface area contributed by atoms with Gasteiger partial charge in [0.1, 0.15) is 17.4 Å². The van der Waals surface area contributed by atoms with Gasteiger partial charge in [0.25, 0.3) is 0 Å². The molecular weight excluding hydrogens is 260 g/mol. The van der Waals surface area contributed by atoms with E-state index in [1.165, 1.54) is 12.1 Å². The van der Waals surface area contributed by atoms with E-state index < -0.39 is 11.6 Å². The van der Waals surface area contributed by atoms with E-state index in [0.29, 0.717) is 24.6 Å². The maximum absolute atomic E-state index is 13.0. The number of nitrogens with one attached hydrogen (secondary N) is 1. The fraction of sp³-hybridized carbons (Fsp3) is 0.375. The highest BCUT2D eigenvalue weighted by Gasteiger charge is 2.05. The standard InChI is InChI=1S/C16H19F2NO/c1-12(4-5-16-3-2-8-20-16)19-7-6-13-9-14(17)11-15(18)10-13/h2-3,8-12,19H,4-7H2,1H3. The Hall–Kier alpha value is -1.68. The summed E-state index contributed by atoms with van der Waals surface area (Å²) < 4.78 is 31.3. The molecule has 1 aromatic carbocycles. The molecule has 1 aromatic heterocycles. The molecule has 2 nitrogen and oxygen atoms in total. The van der Waals surface area contributed by atoms with E-state index in [9.17, 15) is 8.78 Å². The number of hydrogen-bond acceptors (Lipinski definition) is 2. The van der Waals surface area contributed by atoms with Crippen molar-refractivity contribution in [3.63, 3.8) is 0 Å². The molecule has 0 saturated carbocycles. The minimum Gasteiger partial charge on any atom is -0.469 e. The second kappa shape index (κ2) is 7.20. The molecule has 0 radical (unpaired) electrons. The number of halogens is 2. The lowest BCUT2D eigenvalue weighted by atomic mass is 10.1. The predicted octanol–water partition coefficient (Wildman–Crippen LogP) is 3.71. The first kappa shape index (κ1) is 14.7. The van der Waals surface area contributed by atoms with E-state index in [2.05, 4.69) is 12.2 Å². The molecule has 108 valence electrons. The highest BCUT2D eigenvalue weighted by atomic mass is 19.1. The fourth-order valence-corrected chi connectivity index (χ4v) is 2.13. The molecule has 0 aliphatic rings. The zero-order chi connectivity index (χ0) is 14.4. The molecule has 2 rings (SSSR count). The van der Waals surface area contributed by atoms with Crippen molar-refractivity contribution >= 4 is 0 Å². The number of furan rings is 1. The van der Waals surface area contributed by atoms with Crippen LogP contribution < -0.4 is 5.32 Å². The smallest absolute Gasteiger partial charge is 0.126 e. The van der Waals surface area contributed by atoms with Gasteiger partial charge in [0, 0.05) is 18.5 Å². The first-order chi connectivity index (χ1) is 9.63. The Kier molecular flexibility index (Phi) is 5.30. The molecule has 0 fully saturated rings. The summed E-state index contributed by atoms with van der Waals surface area (Å²) in [6, 6.07) is 7.81. The van der Waals surface area contributed by atoms with Gasteiger partial charge in [0.05, 0.1) is 6.26 Å². The van der Waals surface area contributed by atoms with Gasteiger partial charge in [-0.25, -0.2) is 8.78 Å². The fourth-order valence-electron chi connectivity index (χ4n) is 2.13. The Bertz CT molecular complexity index is 505. The summed E-state index contributed by atoms with van der Waals surface area (Å²) in [4.78, 5) is 0. The van der Waals surface area contributed by atoms with Crippen molar-refractivity contribution in [1.82, 2.24) is 5.32 Å². The molecule has 4 heteroatoms. The van der Waals surface area contributed by atoms with Crippen molar-refractivity contribution in [1.29, 1.82) is 0 Å². The third-order valence-corrected chi connectivity index (χ3v) is 3.23. The van der Waals surface area contributed by atoms with E-state index in [0.717, 1.165) is 24.7 Å². The van der Waals surface area contributed by atoms with E-state index in [4.69, 9.17) is 4.42 Å². The topological polar surface area (TPSA) is 25.2 Å². The Morgan fingerprint density at radius 3 is 2.55 bits per heavy atom. The van der Waals surface area contributed by atoms with Crippen molar-refractivity contribution in [3.05, 3.63) is 59.6 Å². The highest BCUT2D eigenvalue weighted by Crippen LogP contribution is 2.09. The first-order valence-corrected chi connectivity index (χ1v) is 6.84. The minimum atomic E-state index is -0.522. The molecule has 0 bridgehead atoms. The van der Waals surface area contributed by atoms with Crippen LogP contribution >= 0.6 is 0 Å². The lowest BCUT2D eigenvalue weighted by molar-refractivity contribution is 0.461. The molecule has 0 saturated heterocycles. The Morgan fingerprint density at radius 2 is 1.90 bits per heavy atom. The van der Waals surface area contributed by atoms with Crippen molar-refractivity contribution < 1.29 is 13.2 Å². The quantitative estimate of drug-likeness (QED) is 0.835. The average molecular weight is 279 g/mol. The third-order valence-electron chi connectivity index (χ3n) is 3.23. The van der Waals surface area contributed by atoms with Gasteiger partial charge < -0.3 is 9.73 Å². The molecule has 0 aliphatic carbocycles. The van der Waals surface area contributed by atoms with Crippen LogP contribution in [0.4, 0.5) is 8.78 Å². The van der Waals surface area contributed by atoms with Gasteiger partial charge in [0.15, 0.2) is 0 Å². The summed E-state index contributed by atoms with van der Waals surface area (Å²) >= 11 is 0. The summed E-state index contributed by atoms with van der Waals surface area (Å²) in [5.41, 5.74) is 0.674. The number of aryl methyl sites for hydroxylation is 1. The van der Waals surface area contributed by atoms with Gasteiger partial charge in [-0.3, -0.25) is 0 Å². The molecule has 20 heavy (non-hydrogen) atoms. The molecule has 1 unspecified atom stereocenters. The van der Waals surface area contributed by atoms with Crippen LogP contribution in [0.5, 0.6) is 0 Å². The molecule has 1 N–H and O–H groups in total. The maximum atomic E-state index is 13.0. The summed E-state index contributed by atoms with van der Waals surface area (Å²) in [5.74, 6) is -0.0670. The van der Waals surface area contributed by atoms with Crippen LogP contribution in [0, 0.1) is 11.6 Å². The first-order valence-electron chi connectivity index (χ1n) is 6.84. The molecular formula is C16H19F2NO. The van der Waals surface area contributed by atoms with E-state index in [1.54, 1.807) is 6.26 Å². The second-order valence-electron chi connectivity index (χ2n) is 5.00. The van der Waals surface area contributed by atoms with Gasteiger partial charge in [-0.05, 0) is 56.1 Å². The highest BCUT2D eigenvalue weighted by molar-refractivity contribution is 5.18. The molecule has 1 heterocycles. The molecule has 0 amide bonds. The Balaban J connectivity index is 1.69. The zero-order valence-corrected chi connectivity index (χ0v) is 11.5. The predicted molar refractivity (Wildman–Crippen MR) is 74.6 cm³/mol. The molecule has 2 aromatic rings. The SMILES string of the molecule is CC(CCc1ccco1)NCCc1cc(F)cc(F)c1. The van der Waals surface area contributed by atoms with Gasteiger partial charge in [0.2, 0.25) is 0 Å². The van der Waals surface area contributed by atoms with Crippen LogP contribution in [0.3, 0.4) is 0 Å². The lowest BCUT2D eigenvalue weighted by Crippen LogP contribution is -2.28. The second-order valence-corrected chi connectivity index (χ2v) is 5.00. The lowest BCUT2D eigenvalue weighted by Gasteiger charge is -2.13. The Labute approximate surface area is 117 Å². The van der Waals surface area contributed by atoms with Crippen LogP contribution in [0.25, 0.3) is 0 Å².